The van der Waals surface area contributed by atoms with Crippen molar-refractivity contribution in [2.45, 2.75) is 32.1 Å². The van der Waals surface area contributed by atoms with E-state index in [0.29, 0.717) is 0 Å². The third-order valence-electron chi connectivity index (χ3n) is 4.71. The monoisotopic (exact) mass is 259 g/mol. The average molecular weight is 259 g/mol. The molecule has 3 heteroatoms. The highest BCUT2D eigenvalue weighted by atomic mass is 16.3. The third kappa shape index (κ3) is 2.27. The normalized spacial score (nSPS) is 21.5. The number of rotatable bonds is 3. The summed E-state index contributed by atoms with van der Waals surface area (Å²) in [5, 5.41) is 9.69. The number of fused-ring (bicyclic) bond motifs is 1. The van der Waals surface area contributed by atoms with Crippen molar-refractivity contribution < 1.29 is 9.90 Å². The van der Waals surface area contributed by atoms with E-state index < -0.39 is 0 Å². The molecule has 0 spiro atoms. The summed E-state index contributed by atoms with van der Waals surface area (Å²) in [6.07, 6.45) is 5.39. The fraction of sp³-hybridized carbons (Fsp3) is 0.562. The van der Waals surface area contributed by atoms with Crippen molar-refractivity contribution in [3.8, 4) is 0 Å². The van der Waals surface area contributed by atoms with Gasteiger partial charge in [-0.3, -0.25) is 4.79 Å². The highest BCUT2D eigenvalue weighted by Crippen LogP contribution is 2.39. The van der Waals surface area contributed by atoms with Crippen LogP contribution >= 0.6 is 0 Å². The minimum Gasteiger partial charge on any atom is -0.396 e. The maximum atomic E-state index is 12.5. The van der Waals surface area contributed by atoms with E-state index in [4.69, 9.17) is 0 Å². The van der Waals surface area contributed by atoms with Crippen molar-refractivity contribution in [2.75, 3.05) is 19.7 Å². The van der Waals surface area contributed by atoms with Crippen LogP contribution in [-0.4, -0.2) is 35.6 Å². The van der Waals surface area contributed by atoms with E-state index in [0.717, 1.165) is 43.5 Å². The molecule has 0 unspecified atom stereocenters. The van der Waals surface area contributed by atoms with Crippen LogP contribution in [0.3, 0.4) is 0 Å². The van der Waals surface area contributed by atoms with Gasteiger partial charge in [0.1, 0.15) is 0 Å². The predicted octanol–water partition coefficient (Wildman–Crippen LogP) is 2.24. The van der Waals surface area contributed by atoms with Gasteiger partial charge in [0.25, 0.3) is 5.91 Å². The number of nitrogens with zero attached hydrogens (tertiary/aromatic N) is 1. The lowest BCUT2D eigenvalue weighted by Gasteiger charge is -2.36. The molecule has 102 valence electrons. The number of amides is 1. The van der Waals surface area contributed by atoms with Crippen LogP contribution in [0, 0.1) is 5.41 Å². The molecule has 1 aliphatic heterocycles. The predicted molar refractivity (Wildman–Crippen MR) is 74.0 cm³/mol. The second-order valence-electron chi connectivity index (χ2n) is 6.00. The van der Waals surface area contributed by atoms with Gasteiger partial charge in [0.2, 0.25) is 0 Å². The Morgan fingerprint density at radius 3 is 2.68 bits per heavy atom. The Morgan fingerprint density at radius 1 is 1.21 bits per heavy atom. The number of aliphatic hydroxyl groups is 1. The van der Waals surface area contributed by atoms with Gasteiger partial charge in [0.15, 0.2) is 0 Å². The fourth-order valence-corrected chi connectivity index (χ4v) is 3.52. The number of carbonyl (C=O) groups excluding carboxylic acids is 1. The van der Waals surface area contributed by atoms with Gasteiger partial charge in [-0.05, 0) is 30.9 Å². The first-order valence-electron chi connectivity index (χ1n) is 7.22. The summed E-state index contributed by atoms with van der Waals surface area (Å²) in [5.74, 6) is 0.140. The molecule has 0 atom stereocenters. The molecule has 1 aromatic rings. The molecule has 1 saturated carbocycles. The molecule has 1 aliphatic carbocycles. The molecule has 2 aliphatic rings. The van der Waals surface area contributed by atoms with Gasteiger partial charge < -0.3 is 10.0 Å². The standard InChI is InChI=1S/C16H21NO2/c18-12-16(8-3-4-9-16)11-17-10-7-13-5-1-2-6-14(13)15(17)19/h1-2,5-6,18H,3-4,7-12H2. The van der Waals surface area contributed by atoms with Crippen LogP contribution in [0.5, 0.6) is 0 Å². The highest BCUT2D eigenvalue weighted by Gasteiger charge is 2.37. The number of hydrogen-bond donors (Lipinski definition) is 1. The molecule has 19 heavy (non-hydrogen) atoms. The lowest BCUT2D eigenvalue weighted by molar-refractivity contribution is 0.0511. The number of carbonyl (C=O) groups is 1. The minimum absolute atomic E-state index is 0.0397. The zero-order valence-corrected chi connectivity index (χ0v) is 11.3. The number of aliphatic hydroxyl groups excluding tert-OH is 1. The number of hydrogen-bond acceptors (Lipinski definition) is 2. The summed E-state index contributed by atoms with van der Waals surface area (Å²) in [5.41, 5.74) is 1.97. The minimum atomic E-state index is -0.0397. The van der Waals surface area contributed by atoms with Gasteiger partial charge in [-0.15, -0.1) is 0 Å². The van der Waals surface area contributed by atoms with Crippen molar-refractivity contribution in [3.63, 3.8) is 0 Å². The second-order valence-corrected chi connectivity index (χ2v) is 6.00. The Kier molecular flexibility index (Phi) is 3.31. The van der Waals surface area contributed by atoms with E-state index in [-0.39, 0.29) is 17.9 Å². The highest BCUT2D eigenvalue weighted by molar-refractivity contribution is 5.96. The lowest BCUT2D eigenvalue weighted by Crippen LogP contribution is -2.45. The first kappa shape index (κ1) is 12.7. The van der Waals surface area contributed by atoms with Crippen LogP contribution in [0.2, 0.25) is 0 Å². The van der Waals surface area contributed by atoms with Crippen LogP contribution in [0.25, 0.3) is 0 Å². The van der Waals surface area contributed by atoms with Crippen molar-refractivity contribution in [1.82, 2.24) is 4.90 Å². The maximum absolute atomic E-state index is 12.5. The Hall–Kier alpha value is -1.35. The van der Waals surface area contributed by atoms with E-state index >= 15 is 0 Å². The van der Waals surface area contributed by atoms with E-state index in [1.807, 2.05) is 29.2 Å². The lowest BCUT2D eigenvalue weighted by atomic mass is 9.85. The molecule has 0 saturated heterocycles. The zero-order chi connectivity index (χ0) is 13.3. The van der Waals surface area contributed by atoms with Gasteiger partial charge >= 0.3 is 0 Å². The molecular weight excluding hydrogens is 238 g/mol. The van der Waals surface area contributed by atoms with Crippen LogP contribution in [-0.2, 0) is 6.42 Å². The molecule has 1 amide bonds. The summed E-state index contributed by atoms with van der Waals surface area (Å²) < 4.78 is 0. The van der Waals surface area contributed by atoms with Crippen molar-refractivity contribution in [1.29, 1.82) is 0 Å². The molecule has 3 rings (SSSR count). The van der Waals surface area contributed by atoms with Crippen LogP contribution < -0.4 is 0 Å². The molecule has 1 N–H and O–H groups in total. The Labute approximate surface area is 114 Å². The molecule has 3 nitrogen and oxygen atoms in total. The third-order valence-corrected chi connectivity index (χ3v) is 4.71. The Morgan fingerprint density at radius 2 is 1.95 bits per heavy atom. The SMILES string of the molecule is O=C1c2ccccc2CCN1CC1(CO)CCCC1. The zero-order valence-electron chi connectivity index (χ0n) is 11.3. The summed E-state index contributed by atoms with van der Waals surface area (Å²) in [7, 11) is 0. The van der Waals surface area contributed by atoms with Gasteiger partial charge in [-0.2, -0.15) is 0 Å². The van der Waals surface area contributed by atoms with Gasteiger partial charge in [-0.25, -0.2) is 0 Å². The largest absolute Gasteiger partial charge is 0.396 e. The van der Waals surface area contributed by atoms with Crippen molar-refractivity contribution >= 4 is 5.91 Å². The van der Waals surface area contributed by atoms with Gasteiger partial charge in [0.05, 0.1) is 6.61 Å². The van der Waals surface area contributed by atoms with E-state index in [9.17, 15) is 9.90 Å². The molecule has 0 bridgehead atoms. The second kappa shape index (κ2) is 4.97. The summed E-state index contributed by atoms with van der Waals surface area (Å²) in [6.45, 7) is 1.71. The molecule has 1 aromatic carbocycles. The summed E-state index contributed by atoms with van der Waals surface area (Å²) in [6, 6.07) is 7.89. The number of benzene rings is 1. The van der Waals surface area contributed by atoms with Gasteiger partial charge in [-0.1, -0.05) is 31.0 Å². The fourth-order valence-electron chi connectivity index (χ4n) is 3.52. The maximum Gasteiger partial charge on any atom is 0.254 e. The molecule has 0 aromatic heterocycles. The van der Waals surface area contributed by atoms with Crippen LogP contribution in [0.4, 0.5) is 0 Å². The summed E-state index contributed by atoms with van der Waals surface area (Å²) in [4.78, 5) is 14.5. The van der Waals surface area contributed by atoms with Crippen molar-refractivity contribution in [2.24, 2.45) is 5.41 Å². The first-order chi connectivity index (χ1) is 9.24. The summed E-state index contributed by atoms with van der Waals surface area (Å²) >= 11 is 0. The molecule has 0 radical (unpaired) electrons. The topological polar surface area (TPSA) is 40.5 Å². The van der Waals surface area contributed by atoms with E-state index in [1.165, 1.54) is 12.8 Å². The first-order valence-corrected chi connectivity index (χ1v) is 7.22. The Balaban J connectivity index is 1.79. The molecule has 1 fully saturated rings. The van der Waals surface area contributed by atoms with Crippen LogP contribution in [0.1, 0.15) is 41.6 Å². The van der Waals surface area contributed by atoms with E-state index in [1.54, 1.807) is 0 Å². The molecular formula is C16H21NO2. The smallest absolute Gasteiger partial charge is 0.254 e. The van der Waals surface area contributed by atoms with Gasteiger partial charge in [0, 0.05) is 24.1 Å². The Bertz CT molecular complexity index is 477. The van der Waals surface area contributed by atoms with Crippen molar-refractivity contribution in [3.05, 3.63) is 35.4 Å². The van der Waals surface area contributed by atoms with E-state index in [2.05, 4.69) is 0 Å². The molecule has 1 heterocycles. The average Bonchev–Trinajstić information content (AvgIpc) is 2.92. The van der Waals surface area contributed by atoms with Crippen LogP contribution in [0.15, 0.2) is 24.3 Å². The quantitative estimate of drug-likeness (QED) is 0.904.